The summed E-state index contributed by atoms with van der Waals surface area (Å²) < 4.78 is 14.6. The van der Waals surface area contributed by atoms with Crippen LogP contribution >= 0.6 is 50.3 Å². The van der Waals surface area contributed by atoms with Gasteiger partial charge in [0.15, 0.2) is 5.17 Å². The number of nitrogens with one attached hydrogen (secondary N) is 1. The second kappa shape index (κ2) is 8.21. The molecule has 2 aromatic carbocycles. The number of halogens is 3. The Balaban J connectivity index is 1.92. The quantitative estimate of drug-likeness (QED) is 0.374. The average molecular weight is 561 g/mol. The average Bonchev–Trinajstić information content (AvgIpc) is 2.64. The van der Waals surface area contributed by atoms with Crippen LogP contribution in [0.1, 0.15) is 36.2 Å². The summed E-state index contributed by atoms with van der Waals surface area (Å²) in [7, 11) is 0. The maximum Gasteiger partial charge on any atom is 0.257 e. The Bertz CT molecular complexity index is 895. The summed E-state index contributed by atoms with van der Waals surface area (Å²) >= 11 is 7.12. The van der Waals surface area contributed by atoms with Crippen molar-refractivity contribution in [3.8, 4) is 0 Å². The van der Waals surface area contributed by atoms with Gasteiger partial charge in [-0.25, -0.2) is 4.39 Å². The van der Waals surface area contributed by atoms with Crippen molar-refractivity contribution in [2.75, 3.05) is 4.43 Å². The third kappa shape index (κ3) is 4.74. The normalized spacial score (nSPS) is 25.0. The number of alkyl halides is 1. The van der Waals surface area contributed by atoms with Crippen molar-refractivity contribution < 1.29 is 9.18 Å². The molecule has 1 N–H and O–H groups in total. The minimum Gasteiger partial charge on any atom is -0.301 e. The Morgan fingerprint density at radius 2 is 2.00 bits per heavy atom. The first-order valence-corrected chi connectivity index (χ1v) is 11.5. The topological polar surface area (TPSA) is 41.5 Å². The summed E-state index contributed by atoms with van der Waals surface area (Å²) in [6.45, 7) is 4.20. The van der Waals surface area contributed by atoms with Crippen LogP contribution in [0.3, 0.4) is 0 Å². The Labute approximate surface area is 184 Å². The number of rotatable bonds is 3. The SMILES string of the molecule is CC1(CI)C[C@@](C)(c2ccc(F)c(Br)c2)SC(NC(=O)c2ccccc2)=N1. The van der Waals surface area contributed by atoms with Crippen LogP contribution in [0.5, 0.6) is 0 Å². The number of thioether (sulfide) groups is 1. The van der Waals surface area contributed by atoms with E-state index >= 15 is 0 Å². The first-order chi connectivity index (χ1) is 12.7. The number of aliphatic imine (C=N–C) groups is 1. The molecule has 1 unspecified atom stereocenters. The molecule has 7 heteroatoms. The largest absolute Gasteiger partial charge is 0.301 e. The van der Waals surface area contributed by atoms with Crippen LogP contribution < -0.4 is 5.32 Å². The Morgan fingerprint density at radius 3 is 2.63 bits per heavy atom. The van der Waals surface area contributed by atoms with Gasteiger partial charge in [-0.1, -0.05) is 58.6 Å². The van der Waals surface area contributed by atoms with Crippen molar-refractivity contribution in [2.45, 2.75) is 30.6 Å². The van der Waals surface area contributed by atoms with Gasteiger partial charge in [-0.3, -0.25) is 9.79 Å². The van der Waals surface area contributed by atoms with E-state index in [0.29, 0.717) is 15.2 Å². The van der Waals surface area contributed by atoms with Crippen molar-refractivity contribution in [3.63, 3.8) is 0 Å². The number of nitrogens with zero attached hydrogens (tertiary/aromatic N) is 1. The molecule has 1 amide bonds. The molecular formula is C20H19BrFIN2OS. The van der Waals surface area contributed by atoms with Crippen LogP contribution in [0.2, 0.25) is 0 Å². The minimum absolute atomic E-state index is 0.179. The van der Waals surface area contributed by atoms with Crippen LogP contribution in [0.25, 0.3) is 0 Å². The fourth-order valence-corrected chi connectivity index (χ4v) is 5.44. The third-order valence-corrected chi connectivity index (χ3v) is 7.95. The zero-order valence-electron chi connectivity index (χ0n) is 14.9. The second-order valence-electron chi connectivity index (χ2n) is 7.01. The lowest BCUT2D eigenvalue weighted by molar-refractivity contribution is 0.0977. The van der Waals surface area contributed by atoms with Crippen molar-refractivity contribution in [1.82, 2.24) is 5.32 Å². The number of carbonyl (C=O) groups excluding carboxylic acids is 1. The molecule has 1 aliphatic heterocycles. The summed E-state index contributed by atoms with van der Waals surface area (Å²) in [5.74, 6) is -0.465. The molecule has 0 bridgehead atoms. The number of amides is 1. The maximum atomic E-state index is 13.7. The lowest BCUT2D eigenvalue weighted by Crippen LogP contribution is -2.44. The van der Waals surface area contributed by atoms with E-state index in [9.17, 15) is 9.18 Å². The minimum atomic E-state index is -0.336. The Kier molecular flexibility index (Phi) is 6.32. The number of hydrogen-bond donors (Lipinski definition) is 1. The van der Waals surface area contributed by atoms with Gasteiger partial charge in [0.25, 0.3) is 5.91 Å². The molecule has 27 heavy (non-hydrogen) atoms. The molecule has 0 fully saturated rings. The van der Waals surface area contributed by atoms with E-state index in [1.54, 1.807) is 12.1 Å². The molecule has 0 spiro atoms. The monoisotopic (exact) mass is 560 g/mol. The summed E-state index contributed by atoms with van der Waals surface area (Å²) in [6, 6.07) is 14.2. The number of amidine groups is 1. The number of carbonyl (C=O) groups is 1. The van der Waals surface area contributed by atoms with E-state index in [1.165, 1.54) is 17.8 Å². The predicted molar refractivity (Wildman–Crippen MR) is 122 cm³/mol. The van der Waals surface area contributed by atoms with Crippen LogP contribution in [0, 0.1) is 5.82 Å². The van der Waals surface area contributed by atoms with Gasteiger partial charge >= 0.3 is 0 Å². The summed E-state index contributed by atoms with van der Waals surface area (Å²) in [6.07, 6.45) is 0.788. The third-order valence-electron chi connectivity index (χ3n) is 4.49. The lowest BCUT2D eigenvalue weighted by atomic mass is 9.86. The van der Waals surface area contributed by atoms with E-state index in [4.69, 9.17) is 4.99 Å². The highest BCUT2D eigenvalue weighted by atomic mass is 127. The predicted octanol–water partition coefficient (Wildman–Crippen LogP) is 5.92. The summed E-state index contributed by atoms with van der Waals surface area (Å²) in [5.41, 5.74) is 1.27. The second-order valence-corrected chi connectivity index (χ2v) is 10.1. The van der Waals surface area contributed by atoms with Crippen LogP contribution in [0.4, 0.5) is 4.39 Å². The van der Waals surface area contributed by atoms with Crippen LogP contribution in [-0.4, -0.2) is 21.0 Å². The first-order valence-electron chi connectivity index (χ1n) is 8.41. The molecule has 0 aromatic heterocycles. The van der Waals surface area contributed by atoms with E-state index in [-0.39, 0.29) is 22.0 Å². The standard InChI is InChI=1S/C20H19BrFIN2OS/c1-19(12-23)11-20(2,14-8-9-16(22)15(21)10-14)27-18(25-19)24-17(26)13-6-4-3-5-7-13/h3-10H,11-12H2,1-2H3,(H,24,25,26)/t19?,20-/m0/s1. The van der Waals surface area contributed by atoms with E-state index in [2.05, 4.69) is 57.7 Å². The van der Waals surface area contributed by atoms with Crippen molar-refractivity contribution >= 4 is 61.4 Å². The molecule has 2 aromatic rings. The lowest BCUT2D eigenvalue weighted by Gasteiger charge is -2.41. The molecule has 3 rings (SSSR count). The fraction of sp³-hybridized carbons (Fsp3) is 0.300. The Morgan fingerprint density at radius 1 is 1.30 bits per heavy atom. The molecule has 2 atom stereocenters. The fourth-order valence-electron chi connectivity index (χ4n) is 3.16. The highest BCUT2D eigenvalue weighted by molar-refractivity contribution is 14.1. The molecule has 0 saturated heterocycles. The van der Waals surface area contributed by atoms with Gasteiger partial charge < -0.3 is 5.32 Å². The van der Waals surface area contributed by atoms with Crippen LogP contribution in [-0.2, 0) is 4.75 Å². The summed E-state index contributed by atoms with van der Waals surface area (Å²) in [5, 5.41) is 3.56. The zero-order chi connectivity index (χ0) is 19.7. The van der Waals surface area contributed by atoms with Gasteiger partial charge in [-0.05, 0) is 66.0 Å². The molecule has 1 aliphatic rings. The van der Waals surface area contributed by atoms with E-state index < -0.39 is 0 Å². The molecular weight excluding hydrogens is 542 g/mol. The van der Waals surface area contributed by atoms with Crippen molar-refractivity contribution in [3.05, 3.63) is 69.9 Å². The van der Waals surface area contributed by atoms with Crippen LogP contribution in [0.15, 0.2) is 58.0 Å². The van der Waals surface area contributed by atoms with Gasteiger partial charge in [-0.2, -0.15) is 0 Å². The first kappa shape index (κ1) is 20.8. The van der Waals surface area contributed by atoms with Gasteiger partial charge in [-0.15, -0.1) is 0 Å². The molecule has 1 heterocycles. The van der Waals surface area contributed by atoms with Gasteiger partial charge in [0.2, 0.25) is 0 Å². The Hall–Kier alpha value is -0.930. The zero-order valence-corrected chi connectivity index (χ0v) is 19.5. The highest BCUT2D eigenvalue weighted by Gasteiger charge is 2.42. The number of benzene rings is 2. The van der Waals surface area contributed by atoms with Crippen molar-refractivity contribution in [1.29, 1.82) is 0 Å². The van der Waals surface area contributed by atoms with Gasteiger partial charge in [0.1, 0.15) is 5.82 Å². The van der Waals surface area contributed by atoms with E-state index in [0.717, 1.165) is 16.4 Å². The highest BCUT2D eigenvalue weighted by Crippen LogP contribution is 2.48. The van der Waals surface area contributed by atoms with Gasteiger partial charge in [0.05, 0.1) is 10.0 Å². The van der Waals surface area contributed by atoms with Gasteiger partial charge in [0, 0.05) is 14.7 Å². The molecule has 142 valence electrons. The smallest absolute Gasteiger partial charge is 0.257 e. The molecule has 0 aliphatic carbocycles. The van der Waals surface area contributed by atoms with E-state index in [1.807, 2.05) is 30.3 Å². The molecule has 3 nitrogen and oxygen atoms in total. The molecule has 0 radical (unpaired) electrons. The van der Waals surface area contributed by atoms with Crippen molar-refractivity contribution in [2.24, 2.45) is 4.99 Å². The number of hydrogen-bond acceptors (Lipinski definition) is 3. The molecule has 0 saturated carbocycles. The maximum absolute atomic E-state index is 13.7. The summed E-state index contributed by atoms with van der Waals surface area (Å²) in [4.78, 5) is 17.4.